The van der Waals surface area contributed by atoms with Crippen molar-refractivity contribution in [3.05, 3.63) is 46.2 Å². The molecule has 2 N–H and O–H groups in total. The Hall–Kier alpha value is -1.66. The van der Waals surface area contributed by atoms with Crippen LogP contribution in [0.15, 0.2) is 34.9 Å². The highest BCUT2D eigenvalue weighted by atomic mass is 79.9. The van der Waals surface area contributed by atoms with Gasteiger partial charge in [-0.1, -0.05) is 29.8 Å². The van der Waals surface area contributed by atoms with Crippen molar-refractivity contribution in [2.75, 3.05) is 13.1 Å². The number of carbonyl (C=O) groups is 1. The lowest BCUT2D eigenvalue weighted by atomic mass is 9.79. The number of piperidine rings is 1. The zero-order valence-corrected chi connectivity index (χ0v) is 15.9. The molecule has 0 radical (unpaired) electrons. The van der Waals surface area contributed by atoms with E-state index < -0.39 is 0 Å². The van der Waals surface area contributed by atoms with Crippen LogP contribution >= 0.6 is 15.9 Å². The van der Waals surface area contributed by atoms with Gasteiger partial charge in [0.2, 0.25) is 0 Å². The highest BCUT2D eigenvalue weighted by molar-refractivity contribution is 9.10. The number of nitrogens with zero attached hydrogens (tertiary/aromatic N) is 3. The Kier molecular flexibility index (Phi) is 4.53. The van der Waals surface area contributed by atoms with Crippen LogP contribution in [0.5, 0.6) is 0 Å². The summed E-state index contributed by atoms with van der Waals surface area (Å²) in [6.07, 6.45) is 2.50. The molecule has 0 aliphatic carbocycles. The van der Waals surface area contributed by atoms with Gasteiger partial charge in [-0.3, -0.25) is 4.79 Å². The van der Waals surface area contributed by atoms with Gasteiger partial charge in [0.1, 0.15) is 0 Å². The monoisotopic (exact) mass is 390 g/mol. The lowest BCUT2D eigenvalue weighted by Gasteiger charge is -2.42. The second kappa shape index (κ2) is 6.33. The van der Waals surface area contributed by atoms with Gasteiger partial charge in [-0.05, 0) is 43.0 Å². The molecular formula is C18H23BrN4O. The maximum Gasteiger partial charge on any atom is 0.257 e. The molecule has 1 aliphatic rings. The number of amides is 1. The van der Waals surface area contributed by atoms with E-state index in [0.29, 0.717) is 18.7 Å². The molecule has 2 heterocycles. The molecule has 128 valence electrons. The Balaban J connectivity index is 1.85. The molecule has 3 rings (SSSR count). The third-order valence-electron chi connectivity index (χ3n) is 4.91. The average Bonchev–Trinajstić information content (AvgIpc) is 2.92. The molecule has 1 atom stereocenters. The first kappa shape index (κ1) is 17.2. The van der Waals surface area contributed by atoms with E-state index in [1.807, 2.05) is 36.1 Å². The zero-order valence-electron chi connectivity index (χ0n) is 14.3. The van der Waals surface area contributed by atoms with E-state index in [2.05, 4.69) is 34.9 Å². The highest BCUT2D eigenvalue weighted by Gasteiger charge is 2.36. The van der Waals surface area contributed by atoms with Crippen molar-refractivity contribution in [3.63, 3.8) is 0 Å². The van der Waals surface area contributed by atoms with E-state index >= 15 is 0 Å². The van der Waals surface area contributed by atoms with Gasteiger partial charge < -0.3 is 10.6 Å². The topological polar surface area (TPSA) is 64.2 Å². The van der Waals surface area contributed by atoms with E-state index in [4.69, 9.17) is 5.73 Å². The van der Waals surface area contributed by atoms with Gasteiger partial charge in [-0.25, -0.2) is 4.68 Å². The number of hydrogen-bond donors (Lipinski definition) is 1. The first-order valence-corrected chi connectivity index (χ1v) is 8.94. The summed E-state index contributed by atoms with van der Waals surface area (Å²) < 4.78 is 2.82. The molecule has 1 aliphatic heterocycles. The molecule has 0 saturated carbocycles. The predicted molar refractivity (Wildman–Crippen MR) is 98.3 cm³/mol. The summed E-state index contributed by atoms with van der Waals surface area (Å²) >= 11 is 3.43. The minimum atomic E-state index is -0.0660. The zero-order chi connectivity index (χ0) is 17.5. The fourth-order valence-corrected chi connectivity index (χ4v) is 3.44. The van der Waals surface area contributed by atoms with Crippen molar-refractivity contribution in [2.24, 2.45) is 11.1 Å². The van der Waals surface area contributed by atoms with Crippen molar-refractivity contribution < 1.29 is 4.79 Å². The van der Waals surface area contributed by atoms with Crippen molar-refractivity contribution in [1.82, 2.24) is 14.7 Å². The number of carbonyl (C=O) groups excluding carboxylic acids is 1. The minimum Gasteiger partial charge on any atom is -0.338 e. The molecule has 0 spiro atoms. The first-order chi connectivity index (χ1) is 11.3. The smallest absolute Gasteiger partial charge is 0.257 e. The Morgan fingerprint density at radius 1 is 1.33 bits per heavy atom. The van der Waals surface area contributed by atoms with E-state index in [1.165, 1.54) is 0 Å². The summed E-state index contributed by atoms with van der Waals surface area (Å²) in [5, 5.41) is 4.41. The molecule has 1 fully saturated rings. The van der Waals surface area contributed by atoms with Crippen LogP contribution in [0.25, 0.3) is 5.69 Å². The molecule has 6 heteroatoms. The fourth-order valence-electron chi connectivity index (χ4n) is 3.18. The van der Waals surface area contributed by atoms with Crippen molar-refractivity contribution in [1.29, 1.82) is 0 Å². The molecule has 24 heavy (non-hydrogen) atoms. The van der Waals surface area contributed by atoms with Gasteiger partial charge in [-0.2, -0.15) is 5.10 Å². The summed E-state index contributed by atoms with van der Waals surface area (Å²) in [6, 6.07) is 8.01. The quantitative estimate of drug-likeness (QED) is 0.856. The Bertz CT molecular complexity index is 751. The standard InChI is InChI=1S/C18H23BrN4O/c1-12-15(10-21-23(12)14-6-4-13(19)5-7-14)17(24)22-9-8-16(20)18(2,3)11-22/h4-7,10,16H,8-9,11,20H2,1-3H3. The Morgan fingerprint density at radius 3 is 2.62 bits per heavy atom. The van der Waals surface area contributed by atoms with Gasteiger partial charge in [-0.15, -0.1) is 0 Å². The van der Waals surface area contributed by atoms with E-state index in [9.17, 15) is 4.79 Å². The molecule has 2 aromatic rings. The molecule has 1 aromatic carbocycles. The summed E-state index contributed by atoms with van der Waals surface area (Å²) in [7, 11) is 0. The van der Waals surface area contributed by atoms with Crippen molar-refractivity contribution in [3.8, 4) is 5.69 Å². The van der Waals surface area contributed by atoms with Crippen LogP contribution in [0.3, 0.4) is 0 Å². The maximum atomic E-state index is 12.9. The van der Waals surface area contributed by atoms with E-state index in [-0.39, 0.29) is 17.4 Å². The number of aromatic nitrogens is 2. The van der Waals surface area contributed by atoms with E-state index in [0.717, 1.165) is 22.3 Å². The molecule has 0 bridgehead atoms. The summed E-state index contributed by atoms with van der Waals surface area (Å²) in [4.78, 5) is 14.8. The normalized spacial score (nSPS) is 20.2. The van der Waals surface area contributed by atoms with Gasteiger partial charge >= 0.3 is 0 Å². The van der Waals surface area contributed by atoms with Crippen LogP contribution in [0.2, 0.25) is 0 Å². The third kappa shape index (κ3) is 3.13. The number of rotatable bonds is 2. The van der Waals surface area contributed by atoms with Crippen LogP contribution in [0.4, 0.5) is 0 Å². The number of likely N-dealkylation sites (tertiary alicyclic amines) is 1. The van der Waals surface area contributed by atoms with Crippen LogP contribution < -0.4 is 5.73 Å². The number of benzene rings is 1. The Morgan fingerprint density at radius 2 is 2.00 bits per heavy atom. The van der Waals surface area contributed by atoms with Crippen LogP contribution in [-0.2, 0) is 0 Å². The van der Waals surface area contributed by atoms with Crippen LogP contribution in [0, 0.1) is 12.3 Å². The van der Waals surface area contributed by atoms with Crippen molar-refractivity contribution >= 4 is 21.8 Å². The van der Waals surface area contributed by atoms with Crippen LogP contribution in [-0.4, -0.2) is 39.7 Å². The SMILES string of the molecule is Cc1c(C(=O)N2CCC(N)C(C)(C)C2)cnn1-c1ccc(Br)cc1. The van der Waals surface area contributed by atoms with Gasteiger partial charge in [0.05, 0.1) is 23.1 Å². The van der Waals surface area contributed by atoms with Crippen LogP contribution in [0.1, 0.15) is 36.3 Å². The number of hydrogen-bond acceptors (Lipinski definition) is 3. The maximum absolute atomic E-state index is 12.9. The highest BCUT2D eigenvalue weighted by Crippen LogP contribution is 2.29. The fraction of sp³-hybridized carbons (Fsp3) is 0.444. The summed E-state index contributed by atoms with van der Waals surface area (Å²) in [5.74, 6) is 0.0378. The molecule has 1 aromatic heterocycles. The summed E-state index contributed by atoms with van der Waals surface area (Å²) in [5.41, 5.74) is 8.57. The van der Waals surface area contributed by atoms with Crippen molar-refractivity contribution in [2.45, 2.75) is 33.2 Å². The second-order valence-corrected chi connectivity index (χ2v) is 8.06. The predicted octanol–water partition coefficient (Wildman–Crippen LogP) is 3.14. The minimum absolute atomic E-state index is 0.0378. The van der Waals surface area contributed by atoms with Gasteiger partial charge in [0, 0.05) is 23.6 Å². The lowest BCUT2D eigenvalue weighted by Crippen LogP contribution is -2.54. The first-order valence-electron chi connectivity index (χ1n) is 8.15. The molecule has 1 unspecified atom stereocenters. The Labute approximate surface area is 151 Å². The molecular weight excluding hydrogens is 368 g/mol. The van der Waals surface area contributed by atoms with Gasteiger partial charge in [0.25, 0.3) is 5.91 Å². The van der Waals surface area contributed by atoms with E-state index in [1.54, 1.807) is 10.9 Å². The molecule has 1 amide bonds. The largest absolute Gasteiger partial charge is 0.338 e. The second-order valence-electron chi connectivity index (χ2n) is 7.14. The van der Waals surface area contributed by atoms with Gasteiger partial charge in [0.15, 0.2) is 0 Å². The number of nitrogens with two attached hydrogens (primary N) is 1. The summed E-state index contributed by atoms with van der Waals surface area (Å²) in [6.45, 7) is 7.55. The molecule has 5 nitrogen and oxygen atoms in total. The number of halogens is 1. The average molecular weight is 391 g/mol. The molecule has 1 saturated heterocycles. The third-order valence-corrected chi connectivity index (χ3v) is 5.44. The lowest BCUT2D eigenvalue weighted by molar-refractivity contribution is 0.0532.